The van der Waals surface area contributed by atoms with Gasteiger partial charge >= 0.3 is 12.1 Å². The highest BCUT2D eigenvalue weighted by Crippen LogP contribution is 2.17. The van der Waals surface area contributed by atoms with E-state index in [-0.39, 0.29) is 19.1 Å². The van der Waals surface area contributed by atoms with Gasteiger partial charge < -0.3 is 20.7 Å². The van der Waals surface area contributed by atoms with E-state index in [0.717, 1.165) is 22.4 Å². The van der Waals surface area contributed by atoms with E-state index in [0.29, 0.717) is 12.3 Å². The van der Waals surface area contributed by atoms with Crippen LogP contribution < -0.4 is 16.0 Å². The van der Waals surface area contributed by atoms with Crippen LogP contribution >= 0.6 is 0 Å². The van der Waals surface area contributed by atoms with Gasteiger partial charge in [0.1, 0.15) is 0 Å². The number of nitrogens with zero attached hydrogens (tertiary/aromatic N) is 2. The lowest BCUT2D eigenvalue weighted by Gasteiger charge is -2.09. The van der Waals surface area contributed by atoms with Crippen LogP contribution in [0, 0.1) is 13.8 Å². The minimum absolute atomic E-state index is 0.286. The number of urea groups is 1. The Morgan fingerprint density at radius 3 is 2.42 bits per heavy atom. The van der Waals surface area contributed by atoms with Crippen molar-refractivity contribution in [3.63, 3.8) is 0 Å². The van der Waals surface area contributed by atoms with Crippen LogP contribution in [-0.4, -0.2) is 41.8 Å². The van der Waals surface area contributed by atoms with Crippen molar-refractivity contribution in [3.8, 4) is 0 Å². The number of hydrogen-bond donors (Lipinski definition) is 3. The lowest BCUT2D eigenvalue weighted by atomic mass is 10.2. The molecule has 0 aliphatic carbocycles. The number of carbonyl (C=O) groups excluding carboxylic acids is 2. The van der Waals surface area contributed by atoms with Crippen LogP contribution in [-0.2, 0) is 4.74 Å². The molecular weight excluding hydrogens is 310 g/mol. The molecule has 1 heterocycles. The van der Waals surface area contributed by atoms with Crippen LogP contribution in [0.5, 0.6) is 0 Å². The zero-order valence-corrected chi connectivity index (χ0v) is 14.0. The summed E-state index contributed by atoms with van der Waals surface area (Å²) in [5.74, 6) is 0. The van der Waals surface area contributed by atoms with Crippen molar-refractivity contribution in [2.45, 2.75) is 20.8 Å². The molecule has 0 saturated carbocycles. The smallest absolute Gasteiger partial charge is 0.407 e. The first kappa shape index (κ1) is 17.5. The fourth-order valence-corrected chi connectivity index (χ4v) is 2.01. The number of rotatable bonds is 5. The molecular formula is C16H21N5O3. The predicted octanol–water partition coefficient (Wildman–Crippen LogP) is 2.11. The number of aromatic nitrogens is 2. The Balaban J connectivity index is 1.86. The molecule has 3 N–H and O–H groups in total. The van der Waals surface area contributed by atoms with Gasteiger partial charge in [0.25, 0.3) is 0 Å². The molecule has 0 atom stereocenters. The monoisotopic (exact) mass is 331 g/mol. The molecule has 2 rings (SSSR count). The maximum absolute atomic E-state index is 11.8. The molecule has 8 heteroatoms. The number of ether oxygens (including phenoxy) is 1. The summed E-state index contributed by atoms with van der Waals surface area (Å²) in [6, 6.07) is 4.98. The Labute approximate surface area is 140 Å². The molecule has 1 aromatic heterocycles. The number of nitrogens with one attached hydrogen (secondary N) is 3. The van der Waals surface area contributed by atoms with Gasteiger partial charge in [-0.25, -0.2) is 19.6 Å². The molecule has 0 unspecified atom stereocenters. The summed E-state index contributed by atoms with van der Waals surface area (Å²) in [6.07, 6.45) is -0.501. The molecule has 0 radical (unpaired) electrons. The van der Waals surface area contributed by atoms with Crippen molar-refractivity contribution in [1.82, 2.24) is 20.6 Å². The summed E-state index contributed by atoms with van der Waals surface area (Å²) < 4.78 is 4.71. The standard InChI is InChI=1S/C16H21N5O3/c1-4-24-16(23)18-8-7-17-15(22)21-12-5-6-13-14(9-12)20-11(3)10(2)19-13/h5-6,9H,4,7-8H2,1-3H3,(H,18,23)(H2,17,21,22). The van der Waals surface area contributed by atoms with Crippen molar-refractivity contribution < 1.29 is 14.3 Å². The third-order valence-electron chi connectivity index (χ3n) is 3.29. The van der Waals surface area contributed by atoms with Crippen molar-refractivity contribution in [2.24, 2.45) is 0 Å². The topological polar surface area (TPSA) is 105 Å². The van der Waals surface area contributed by atoms with Crippen molar-refractivity contribution >= 4 is 28.8 Å². The zero-order valence-electron chi connectivity index (χ0n) is 14.0. The van der Waals surface area contributed by atoms with Crippen LogP contribution in [0.3, 0.4) is 0 Å². The molecule has 2 aromatic rings. The maximum Gasteiger partial charge on any atom is 0.407 e. The third kappa shape index (κ3) is 4.80. The second-order valence-electron chi connectivity index (χ2n) is 5.13. The van der Waals surface area contributed by atoms with E-state index in [1.165, 1.54) is 0 Å². The van der Waals surface area contributed by atoms with Gasteiger partial charge in [0.05, 0.1) is 29.0 Å². The predicted molar refractivity (Wildman–Crippen MR) is 91.1 cm³/mol. The van der Waals surface area contributed by atoms with E-state index in [1.54, 1.807) is 19.1 Å². The average Bonchev–Trinajstić information content (AvgIpc) is 2.53. The van der Waals surface area contributed by atoms with Crippen molar-refractivity contribution in [2.75, 3.05) is 25.0 Å². The lowest BCUT2D eigenvalue weighted by molar-refractivity contribution is 0.152. The van der Waals surface area contributed by atoms with Crippen molar-refractivity contribution in [3.05, 3.63) is 29.6 Å². The molecule has 128 valence electrons. The normalized spacial score (nSPS) is 10.3. The van der Waals surface area contributed by atoms with Gasteiger partial charge in [-0.15, -0.1) is 0 Å². The molecule has 0 aliphatic heterocycles. The highest BCUT2D eigenvalue weighted by molar-refractivity contribution is 5.91. The van der Waals surface area contributed by atoms with Crippen LogP contribution in [0.15, 0.2) is 18.2 Å². The molecule has 1 aromatic carbocycles. The highest BCUT2D eigenvalue weighted by atomic mass is 16.5. The fraction of sp³-hybridized carbons (Fsp3) is 0.375. The highest BCUT2D eigenvalue weighted by Gasteiger charge is 2.06. The number of fused-ring (bicyclic) bond motifs is 1. The molecule has 8 nitrogen and oxygen atoms in total. The Kier molecular flexibility index (Phi) is 5.89. The second-order valence-corrected chi connectivity index (χ2v) is 5.13. The van der Waals surface area contributed by atoms with Gasteiger partial charge in [-0.1, -0.05) is 0 Å². The van der Waals surface area contributed by atoms with Crippen LogP contribution in [0.4, 0.5) is 15.3 Å². The number of aryl methyl sites for hydroxylation is 2. The summed E-state index contributed by atoms with van der Waals surface area (Å²) in [5.41, 5.74) is 3.86. The molecule has 3 amide bonds. The summed E-state index contributed by atoms with van der Waals surface area (Å²) in [4.78, 5) is 31.8. The first-order valence-corrected chi connectivity index (χ1v) is 7.70. The summed E-state index contributed by atoms with van der Waals surface area (Å²) in [7, 11) is 0. The summed E-state index contributed by atoms with van der Waals surface area (Å²) in [5, 5.41) is 7.88. The quantitative estimate of drug-likeness (QED) is 0.728. The summed E-state index contributed by atoms with van der Waals surface area (Å²) >= 11 is 0. The van der Waals surface area contributed by atoms with Gasteiger partial charge in [0.2, 0.25) is 0 Å². The number of hydrogen-bond acceptors (Lipinski definition) is 5. The first-order valence-electron chi connectivity index (χ1n) is 7.70. The Morgan fingerprint density at radius 2 is 1.71 bits per heavy atom. The second kappa shape index (κ2) is 8.09. The third-order valence-corrected chi connectivity index (χ3v) is 3.29. The van der Waals surface area contributed by atoms with Gasteiger partial charge in [0, 0.05) is 18.8 Å². The summed E-state index contributed by atoms with van der Waals surface area (Å²) in [6.45, 7) is 6.41. The zero-order chi connectivity index (χ0) is 17.5. The number of amides is 3. The lowest BCUT2D eigenvalue weighted by Crippen LogP contribution is -2.37. The minimum Gasteiger partial charge on any atom is -0.450 e. The first-order chi connectivity index (χ1) is 11.5. The fourth-order valence-electron chi connectivity index (χ4n) is 2.01. The maximum atomic E-state index is 11.8. The van der Waals surface area contributed by atoms with E-state index < -0.39 is 6.09 Å². The average molecular weight is 331 g/mol. The Morgan fingerprint density at radius 1 is 1.04 bits per heavy atom. The number of alkyl carbamates (subject to hydrolysis) is 1. The number of benzene rings is 1. The molecule has 0 saturated heterocycles. The van der Waals surface area contributed by atoms with Crippen molar-refractivity contribution in [1.29, 1.82) is 0 Å². The van der Waals surface area contributed by atoms with E-state index in [9.17, 15) is 9.59 Å². The van der Waals surface area contributed by atoms with Crippen LogP contribution in [0.2, 0.25) is 0 Å². The molecule has 0 aliphatic rings. The van der Waals surface area contributed by atoms with E-state index in [4.69, 9.17) is 4.74 Å². The molecule has 0 bridgehead atoms. The SMILES string of the molecule is CCOC(=O)NCCNC(=O)Nc1ccc2nc(C)c(C)nc2c1. The number of carbonyl (C=O) groups is 2. The molecule has 24 heavy (non-hydrogen) atoms. The van der Waals surface area contributed by atoms with Gasteiger partial charge in [-0.05, 0) is 39.0 Å². The van der Waals surface area contributed by atoms with Gasteiger partial charge in [0.15, 0.2) is 0 Å². The van der Waals surface area contributed by atoms with E-state index in [2.05, 4.69) is 25.9 Å². The van der Waals surface area contributed by atoms with Crippen LogP contribution in [0.1, 0.15) is 18.3 Å². The largest absolute Gasteiger partial charge is 0.450 e. The Bertz CT molecular complexity index is 748. The van der Waals surface area contributed by atoms with E-state index >= 15 is 0 Å². The van der Waals surface area contributed by atoms with Gasteiger partial charge in [-0.2, -0.15) is 0 Å². The molecule has 0 fully saturated rings. The Hall–Kier alpha value is -2.90. The van der Waals surface area contributed by atoms with Crippen LogP contribution in [0.25, 0.3) is 11.0 Å². The minimum atomic E-state index is -0.501. The number of anilines is 1. The van der Waals surface area contributed by atoms with Gasteiger partial charge in [-0.3, -0.25) is 0 Å². The van der Waals surface area contributed by atoms with E-state index in [1.807, 2.05) is 19.9 Å². The molecule has 0 spiro atoms.